The van der Waals surface area contributed by atoms with Crippen molar-refractivity contribution in [3.63, 3.8) is 0 Å². The summed E-state index contributed by atoms with van der Waals surface area (Å²) in [4.78, 5) is 13.9. The Labute approximate surface area is 171 Å². The molecule has 3 heterocycles. The van der Waals surface area contributed by atoms with Crippen LogP contribution in [0, 0.1) is 6.92 Å². The molecule has 0 fully saturated rings. The zero-order valence-electron chi connectivity index (χ0n) is 15.1. The maximum atomic E-state index is 6.36. The molecule has 1 N–H and O–H groups in total. The van der Waals surface area contributed by atoms with Gasteiger partial charge >= 0.3 is 0 Å². The van der Waals surface area contributed by atoms with Gasteiger partial charge in [-0.15, -0.1) is 11.3 Å². The number of nitrogens with one attached hydrogen (secondary N) is 1. The summed E-state index contributed by atoms with van der Waals surface area (Å²) in [7, 11) is 0. The maximum absolute atomic E-state index is 6.36. The summed E-state index contributed by atoms with van der Waals surface area (Å²) < 4.78 is 0. The molecule has 0 spiro atoms. The van der Waals surface area contributed by atoms with Crippen LogP contribution in [0.25, 0.3) is 44.1 Å². The largest absolute Gasteiger partial charge is 0.354 e. The number of benzene rings is 2. The zero-order valence-corrected chi connectivity index (χ0v) is 16.7. The summed E-state index contributed by atoms with van der Waals surface area (Å²) in [5, 5.41) is 2.82. The monoisotopic (exact) mass is 401 g/mol. The number of hydrogen-bond donors (Lipinski definition) is 1. The third kappa shape index (κ3) is 3.01. The molecule has 2 aromatic carbocycles. The van der Waals surface area contributed by atoms with Gasteiger partial charge in [0.25, 0.3) is 0 Å². The Morgan fingerprint density at radius 2 is 1.82 bits per heavy atom. The molecule has 0 radical (unpaired) electrons. The second-order valence-corrected chi connectivity index (χ2v) is 8.21. The lowest BCUT2D eigenvalue weighted by Crippen LogP contribution is -1.83. The van der Waals surface area contributed by atoms with Crippen LogP contribution in [0.15, 0.2) is 72.9 Å². The lowest BCUT2D eigenvalue weighted by molar-refractivity contribution is 1.29. The van der Waals surface area contributed by atoms with Crippen LogP contribution in [0.3, 0.4) is 0 Å². The van der Waals surface area contributed by atoms with Gasteiger partial charge in [0.1, 0.15) is 5.01 Å². The third-order valence-corrected chi connectivity index (χ3v) is 6.06. The molecule has 0 atom stereocenters. The molecule has 0 saturated heterocycles. The summed E-state index contributed by atoms with van der Waals surface area (Å²) in [6.07, 6.45) is 1.80. The normalized spacial score (nSPS) is 11.2. The van der Waals surface area contributed by atoms with E-state index in [9.17, 15) is 0 Å². The first-order valence-electron chi connectivity index (χ1n) is 8.96. The standard InChI is InChI=1S/C23H16ClN3S/c1-14-22(27-23(28-14)20-8-4-5-11-25-20)15-9-10-19-16(12-15)13-21(26-19)17-6-2-3-7-18(17)24/h2-13,26H,1H3. The van der Waals surface area contributed by atoms with E-state index in [0.717, 1.165) is 49.1 Å². The van der Waals surface area contributed by atoms with Crippen molar-refractivity contribution in [2.75, 3.05) is 0 Å². The topological polar surface area (TPSA) is 41.6 Å². The van der Waals surface area contributed by atoms with Gasteiger partial charge in [-0.25, -0.2) is 4.98 Å². The van der Waals surface area contributed by atoms with Crippen LogP contribution in [0.2, 0.25) is 5.02 Å². The molecular formula is C23H16ClN3S. The van der Waals surface area contributed by atoms with Crippen molar-refractivity contribution in [1.29, 1.82) is 0 Å². The van der Waals surface area contributed by atoms with Crippen LogP contribution in [0.5, 0.6) is 0 Å². The number of rotatable bonds is 3. The first-order chi connectivity index (χ1) is 13.7. The molecule has 0 aliphatic heterocycles. The van der Waals surface area contributed by atoms with Crippen LogP contribution in [0.1, 0.15) is 4.88 Å². The summed E-state index contributed by atoms with van der Waals surface area (Å²) in [6.45, 7) is 2.11. The predicted octanol–water partition coefficient (Wildman–Crippen LogP) is 6.98. The highest BCUT2D eigenvalue weighted by Crippen LogP contribution is 2.35. The molecule has 28 heavy (non-hydrogen) atoms. The molecule has 0 unspecified atom stereocenters. The third-order valence-electron chi connectivity index (χ3n) is 4.74. The van der Waals surface area contributed by atoms with Gasteiger partial charge in [0, 0.05) is 43.8 Å². The Bertz CT molecular complexity index is 1290. The molecule has 0 amide bonds. The fraction of sp³-hybridized carbons (Fsp3) is 0.0435. The smallest absolute Gasteiger partial charge is 0.142 e. The summed E-state index contributed by atoms with van der Waals surface area (Å²) >= 11 is 8.03. The van der Waals surface area contributed by atoms with Gasteiger partial charge < -0.3 is 4.98 Å². The molecule has 3 nitrogen and oxygen atoms in total. The van der Waals surface area contributed by atoms with Crippen LogP contribution < -0.4 is 0 Å². The fourth-order valence-electron chi connectivity index (χ4n) is 3.37. The number of H-pyrrole nitrogens is 1. The Morgan fingerprint density at radius 1 is 0.964 bits per heavy atom. The van der Waals surface area contributed by atoms with E-state index in [0.29, 0.717) is 0 Å². The molecular weight excluding hydrogens is 386 g/mol. The molecule has 5 rings (SSSR count). The van der Waals surface area contributed by atoms with Gasteiger partial charge in [-0.1, -0.05) is 41.9 Å². The minimum absolute atomic E-state index is 0.740. The number of fused-ring (bicyclic) bond motifs is 1. The number of halogens is 1. The number of hydrogen-bond acceptors (Lipinski definition) is 3. The number of aromatic nitrogens is 3. The number of nitrogens with zero attached hydrogens (tertiary/aromatic N) is 2. The lowest BCUT2D eigenvalue weighted by atomic mass is 10.1. The lowest BCUT2D eigenvalue weighted by Gasteiger charge is -1.99. The van der Waals surface area contributed by atoms with E-state index in [-0.39, 0.29) is 0 Å². The first kappa shape index (κ1) is 17.2. The van der Waals surface area contributed by atoms with Crippen LogP contribution in [-0.4, -0.2) is 15.0 Å². The van der Waals surface area contributed by atoms with Crippen LogP contribution >= 0.6 is 22.9 Å². The second-order valence-electron chi connectivity index (χ2n) is 6.60. The van der Waals surface area contributed by atoms with Gasteiger partial charge in [0.2, 0.25) is 0 Å². The number of thiazole rings is 1. The minimum atomic E-state index is 0.740. The van der Waals surface area contributed by atoms with E-state index < -0.39 is 0 Å². The molecule has 0 saturated carbocycles. The first-order valence-corrected chi connectivity index (χ1v) is 10.2. The van der Waals surface area contributed by atoms with Crippen molar-refractivity contribution in [2.24, 2.45) is 0 Å². The van der Waals surface area contributed by atoms with Crippen molar-refractivity contribution < 1.29 is 0 Å². The molecule has 3 aromatic heterocycles. The van der Waals surface area contributed by atoms with Crippen LogP contribution in [0.4, 0.5) is 0 Å². The highest BCUT2D eigenvalue weighted by molar-refractivity contribution is 7.15. The maximum Gasteiger partial charge on any atom is 0.142 e. The van der Waals surface area contributed by atoms with E-state index in [1.807, 2.05) is 42.5 Å². The van der Waals surface area contributed by atoms with Crippen molar-refractivity contribution in [1.82, 2.24) is 15.0 Å². The average Bonchev–Trinajstić information content (AvgIpc) is 3.32. The van der Waals surface area contributed by atoms with Crippen molar-refractivity contribution in [3.05, 3.63) is 82.8 Å². The van der Waals surface area contributed by atoms with E-state index in [1.165, 1.54) is 4.88 Å². The van der Waals surface area contributed by atoms with Gasteiger partial charge in [-0.3, -0.25) is 4.98 Å². The van der Waals surface area contributed by atoms with Crippen molar-refractivity contribution >= 4 is 33.8 Å². The molecule has 0 bridgehead atoms. The van der Waals surface area contributed by atoms with E-state index in [4.69, 9.17) is 16.6 Å². The highest BCUT2D eigenvalue weighted by Gasteiger charge is 2.13. The molecule has 136 valence electrons. The quantitative estimate of drug-likeness (QED) is 0.354. The van der Waals surface area contributed by atoms with Crippen LogP contribution in [-0.2, 0) is 0 Å². The molecule has 0 aliphatic carbocycles. The molecule has 0 aliphatic rings. The zero-order chi connectivity index (χ0) is 19.1. The minimum Gasteiger partial charge on any atom is -0.354 e. The Hall–Kier alpha value is -2.95. The highest BCUT2D eigenvalue weighted by atomic mass is 35.5. The van der Waals surface area contributed by atoms with Gasteiger partial charge in [0.05, 0.1) is 11.4 Å². The van der Waals surface area contributed by atoms with Crippen molar-refractivity contribution in [3.8, 4) is 33.2 Å². The Balaban J connectivity index is 1.57. The number of pyridine rings is 1. The summed E-state index contributed by atoms with van der Waals surface area (Å²) in [5.41, 5.74) is 6.12. The van der Waals surface area contributed by atoms with Crippen molar-refractivity contribution in [2.45, 2.75) is 6.92 Å². The Morgan fingerprint density at radius 3 is 2.64 bits per heavy atom. The SMILES string of the molecule is Cc1sc(-c2ccccn2)nc1-c1ccc2[nH]c(-c3ccccc3Cl)cc2c1. The summed E-state index contributed by atoms with van der Waals surface area (Å²) in [6, 6.07) is 22.3. The second kappa shape index (κ2) is 6.89. The number of aromatic amines is 1. The fourth-order valence-corrected chi connectivity index (χ4v) is 4.52. The molecule has 5 aromatic rings. The van der Waals surface area contributed by atoms with Gasteiger partial charge in [-0.2, -0.15) is 0 Å². The van der Waals surface area contributed by atoms with E-state index >= 15 is 0 Å². The Kier molecular flexibility index (Phi) is 4.23. The van der Waals surface area contributed by atoms with Gasteiger partial charge in [0.15, 0.2) is 0 Å². The summed E-state index contributed by atoms with van der Waals surface area (Å²) in [5.74, 6) is 0. The average molecular weight is 402 g/mol. The van der Waals surface area contributed by atoms with E-state index in [2.05, 4.69) is 41.2 Å². The van der Waals surface area contributed by atoms with E-state index in [1.54, 1.807) is 17.5 Å². The number of aryl methyl sites for hydroxylation is 1. The van der Waals surface area contributed by atoms with Gasteiger partial charge in [-0.05, 0) is 43.3 Å². The predicted molar refractivity (Wildman–Crippen MR) is 118 cm³/mol. The molecule has 5 heteroatoms.